The van der Waals surface area contributed by atoms with E-state index in [1.807, 2.05) is 22.4 Å². The smallest absolute Gasteiger partial charge is 0.318 e. The monoisotopic (exact) mass is 278 g/mol. The molecule has 2 aromatic rings. The summed E-state index contributed by atoms with van der Waals surface area (Å²) in [6.07, 6.45) is 0.986. The van der Waals surface area contributed by atoms with Gasteiger partial charge in [0.1, 0.15) is 0 Å². The lowest BCUT2D eigenvalue weighted by Gasteiger charge is -2.27. The van der Waals surface area contributed by atoms with E-state index in [-0.39, 0.29) is 6.03 Å². The van der Waals surface area contributed by atoms with Gasteiger partial charge in [0, 0.05) is 22.8 Å². The van der Waals surface area contributed by atoms with E-state index in [1.54, 1.807) is 22.7 Å². The van der Waals surface area contributed by atoms with Crippen molar-refractivity contribution in [3.8, 4) is 0 Å². The Hall–Kier alpha value is -1.33. The summed E-state index contributed by atoms with van der Waals surface area (Å²) in [7, 11) is 0. The summed E-state index contributed by atoms with van der Waals surface area (Å²) in [5.74, 6) is 0. The van der Waals surface area contributed by atoms with Gasteiger partial charge in [0.25, 0.3) is 0 Å². The molecule has 0 fully saturated rings. The molecule has 0 spiro atoms. The van der Waals surface area contributed by atoms with Crippen molar-refractivity contribution in [3.05, 3.63) is 44.3 Å². The zero-order valence-corrected chi connectivity index (χ0v) is 11.5. The Kier molecular flexibility index (Phi) is 3.34. The third-order valence-corrected chi connectivity index (χ3v) is 4.99. The van der Waals surface area contributed by atoms with E-state index < -0.39 is 0 Å². The second kappa shape index (κ2) is 5.12. The lowest BCUT2D eigenvalue weighted by Crippen LogP contribution is -2.42. The molecule has 3 heterocycles. The van der Waals surface area contributed by atoms with Gasteiger partial charge in [-0.1, -0.05) is 6.07 Å². The lowest BCUT2D eigenvalue weighted by molar-refractivity contribution is 0.192. The van der Waals surface area contributed by atoms with E-state index in [1.165, 1.54) is 15.3 Å². The van der Waals surface area contributed by atoms with Crippen LogP contribution in [-0.4, -0.2) is 17.5 Å². The summed E-state index contributed by atoms with van der Waals surface area (Å²) >= 11 is 3.46. The maximum absolute atomic E-state index is 12.0. The van der Waals surface area contributed by atoms with Crippen molar-refractivity contribution in [3.63, 3.8) is 0 Å². The van der Waals surface area contributed by atoms with Crippen LogP contribution in [0.3, 0.4) is 0 Å². The minimum Gasteiger partial charge on any atom is -0.333 e. The highest BCUT2D eigenvalue weighted by Gasteiger charge is 2.20. The largest absolute Gasteiger partial charge is 0.333 e. The molecule has 0 saturated heterocycles. The molecule has 2 aromatic heterocycles. The SMILES string of the molecule is O=C(NCc1cccs1)N1CCc2sccc2C1. The van der Waals surface area contributed by atoms with Crippen LogP contribution < -0.4 is 5.32 Å². The minimum absolute atomic E-state index is 0.0419. The minimum atomic E-state index is 0.0419. The maximum atomic E-state index is 12.0. The fraction of sp³-hybridized carbons (Fsp3) is 0.308. The van der Waals surface area contributed by atoms with Gasteiger partial charge in [-0.15, -0.1) is 22.7 Å². The molecule has 5 heteroatoms. The van der Waals surface area contributed by atoms with Crippen molar-refractivity contribution in [2.45, 2.75) is 19.5 Å². The van der Waals surface area contributed by atoms with Crippen molar-refractivity contribution in [2.24, 2.45) is 0 Å². The van der Waals surface area contributed by atoms with Crippen molar-refractivity contribution in [2.75, 3.05) is 6.54 Å². The Morgan fingerprint density at radius 2 is 2.28 bits per heavy atom. The van der Waals surface area contributed by atoms with E-state index in [0.29, 0.717) is 6.54 Å². The van der Waals surface area contributed by atoms with Gasteiger partial charge in [-0.05, 0) is 34.9 Å². The molecule has 0 saturated carbocycles. The molecule has 3 nitrogen and oxygen atoms in total. The zero-order chi connectivity index (χ0) is 12.4. The average Bonchev–Trinajstić information content (AvgIpc) is 3.05. The highest BCUT2D eigenvalue weighted by atomic mass is 32.1. The third-order valence-electron chi connectivity index (χ3n) is 3.09. The van der Waals surface area contributed by atoms with Crippen LogP contribution in [0.25, 0.3) is 0 Å². The number of nitrogens with zero attached hydrogens (tertiary/aromatic N) is 1. The number of thiophene rings is 2. The second-order valence-electron chi connectivity index (χ2n) is 4.28. The molecule has 2 amide bonds. The number of rotatable bonds is 2. The van der Waals surface area contributed by atoms with Gasteiger partial charge in [0.15, 0.2) is 0 Å². The van der Waals surface area contributed by atoms with Crippen molar-refractivity contribution < 1.29 is 4.79 Å². The summed E-state index contributed by atoms with van der Waals surface area (Å²) in [5.41, 5.74) is 1.30. The van der Waals surface area contributed by atoms with Crippen LogP contribution in [0.2, 0.25) is 0 Å². The van der Waals surface area contributed by atoms with Crippen molar-refractivity contribution in [1.29, 1.82) is 0 Å². The number of carbonyl (C=O) groups excluding carboxylic acids is 1. The Morgan fingerprint density at radius 3 is 3.11 bits per heavy atom. The first-order valence-corrected chi connectivity index (χ1v) is 7.69. The molecule has 0 unspecified atom stereocenters. The van der Waals surface area contributed by atoms with Crippen LogP contribution in [0.1, 0.15) is 15.3 Å². The Labute approximate surface area is 114 Å². The van der Waals surface area contributed by atoms with Gasteiger partial charge >= 0.3 is 6.03 Å². The molecule has 0 radical (unpaired) electrons. The summed E-state index contributed by atoms with van der Waals surface area (Å²) < 4.78 is 0. The summed E-state index contributed by atoms with van der Waals surface area (Å²) in [6.45, 7) is 2.20. The molecule has 94 valence electrons. The van der Waals surface area contributed by atoms with Crippen molar-refractivity contribution >= 4 is 28.7 Å². The normalized spacial score (nSPS) is 14.3. The second-order valence-corrected chi connectivity index (χ2v) is 6.31. The molecular weight excluding hydrogens is 264 g/mol. The van der Waals surface area contributed by atoms with Crippen LogP contribution in [0.15, 0.2) is 29.0 Å². The predicted molar refractivity (Wildman–Crippen MR) is 75.0 cm³/mol. The van der Waals surface area contributed by atoms with E-state index in [9.17, 15) is 4.79 Å². The van der Waals surface area contributed by atoms with Gasteiger partial charge < -0.3 is 10.2 Å². The average molecular weight is 278 g/mol. The molecule has 18 heavy (non-hydrogen) atoms. The van der Waals surface area contributed by atoms with Crippen LogP contribution in [0, 0.1) is 0 Å². The molecule has 0 aliphatic carbocycles. The third kappa shape index (κ3) is 2.42. The number of urea groups is 1. The lowest BCUT2D eigenvalue weighted by atomic mass is 10.1. The van der Waals surface area contributed by atoms with Crippen LogP contribution in [0.5, 0.6) is 0 Å². The van der Waals surface area contributed by atoms with Crippen LogP contribution >= 0.6 is 22.7 Å². The molecule has 0 bridgehead atoms. The van der Waals surface area contributed by atoms with Crippen LogP contribution in [0.4, 0.5) is 4.79 Å². The molecule has 1 aliphatic rings. The van der Waals surface area contributed by atoms with Gasteiger partial charge in [-0.25, -0.2) is 4.79 Å². The molecule has 1 N–H and O–H groups in total. The van der Waals surface area contributed by atoms with E-state index in [2.05, 4.69) is 16.8 Å². The quantitative estimate of drug-likeness (QED) is 0.899. The Morgan fingerprint density at radius 1 is 1.33 bits per heavy atom. The van der Waals surface area contributed by atoms with Gasteiger partial charge in [0.2, 0.25) is 0 Å². The predicted octanol–water partition coefficient (Wildman–Crippen LogP) is 3.08. The molecule has 3 rings (SSSR count). The number of nitrogens with one attached hydrogen (secondary N) is 1. The number of hydrogen-bond acceptors (Lipinski definition) is 3. The maximum Gasteiger partial charge on any atom is 0.318 e. The highest BCUT2D eigenvalue weighted by Crippen LogP contribution is 2.23. The first kappa shape index (κ1) is 11.7. The number of fused-ring (bicyclic) bond motifs is 1. The fourth-order valence-corrected chi connectivity index (χ4v) is 3.64. The van der Waals surface area contributed by atoms with E-state index in [0.717, 1.165) is 19.5 Å². The zero-order valence-electron chi connectivity index (χ0n) is 9.89. The number of hydrogen-bond donors (Lipinski definition) is 1. The van der Waals surface area contributed by atoms with E-state index in [4.69, 9.17) is 0 Å². The molecular formula is C13H14N2OS2. The number of amides is 2. The Balaban J connectivity index is 1.57. The van der Waals surface area contributed by atoms with Gasteiger partial charge in [-0.2, -0.15) is 0 Å². The topological polar surface area (TPSA) is 32.3 Å². The Bertz CT molecular complexity index is 533. The standard InChI is InChI=1S/C13H14N2OS2/c16-13(14-8-11-2-1-6-17-11)15-5-3-12-10(9-15)4-7-18-12/h1-2,4,6-7H,3,5,8-9H2,(H,14,16). The first-order chi connectivity index (χ1) is 8.83. The van der Waals surface area contributed by atoms with E-state index >= 15 is 0 Å². The van der Waals surface area contributed by atoms with Crippen LogP contribution in [-0.2, 0) is 19.5 Å². The number of carbonyl (C=O) groups is 1. The van der Waals surface area contributed by atoms with Crippen molar-refractivity contribution in [1.82, 2.24) is 10.2 Å². The molecule has 1 aliphatic heterocycles. The molecule has 0 atom stereocenters. The van der Waals surface area contributed by atoms with Gasteiger partial charge in [0.05, 0.1) is 6.54 Å². The summed E-state index contributed by atoms with van der Waals surface area (Å²) in [5, 5.41) is 7.12. The molecule has 0 aromatic carbocycles. The highest BCUT2D eigenvalue weighted by molar-refractivity contribution is 7.10. The van der Waals surface area contributed by atoms with Gasteiger partial charge in [-0.3, -0.25) is 0 Å². The fourth-order valence-electron chi connectivity index (χ4n) is 2.11. The summed E-state index contributed by atoms with van der Waals surface area (Å²) in [4.78, 5) is 16.6. The first-order valence-electron chi connectivity index (χ1n) is 5.93. The summed E-state index contributed by atoms with van der Waals surface area (Å²) in [6, 6.07) is 6.21.